The minimum atomic E-state index is -0.803. The molecule has 0 N–H and O–H groups in total. The second-order valence-electron chi connectivity index (χ2n) is 9.19. The number of esters is 1. The first-order valence-corrected chi connectivity index (χ1v) is 11.0. The van der Waals surface area contributed by atoms with Crippen LogP contribution in [0.15, 0.2) is 22.7 Å². The topological polar surface area (TPSA) is 72.9 Å². The Labute approximate surface area is 179 Å². The molecule has 2 aliphatic carbocycles. The number of fused-ring (bicyclic) bond motifs is 2. The first-order chi connectivity index (χ1) is 13.6. The fraction of sp³-hybridized carbons (Fsp3) is 0.591. The van der Waals surface area contributed by atoms with E-state index in [1.165, 1.54) is 4.90 Å². The third-order valence-corrected chi connectivity index (χ3v) is 6.27. The van der Waals surface area contributed by atoms with E-state index in [2.05, 4.69) is 15.9 Å². The highest BCUT2D eigenvalue weighted by atomic mass is 79.9. The number of benzene rings is 1. The van der Waals surface area contributed by atoms with Crippen molar-refractivity contribution in [1.82, 2.24) is 4.90 Å². The molecule has 1 aromatic carbocycles. The minimum Gasteiger partial charge on any atom is -0.452 e. The Balaban J connectivity index is 1.48. The minimum absolute atomic E-state index is 0.0466. The zero-order valence-corrected chi connectivity index (χ0v) is 18.5. The van der Waals surface area contributed by atoms with Gasteiger partial charge in [-0.2, -0.15) is 0 Å². The van der Waals surface area contributed by atoms with Crippen LogP contribution in [0.3, 0.4) is 0 Å². The Morgan fingerprint density at radius 3 is 2.69 bits per heavy atom. The van der Waals surface area contributed by atoms with Crippen molar-refractivity contribution in [3.63, 3.8) is 0 Å². The van der Waals surface area contributed by atoms with E-state index in [0.29, 0.717) is 24.3 Å². The van der Waals surface area contributed by atoms with Crippen molar-refractivity contribution in [2.24, 2.45) is 5.92 Å². The number of Topliss-reactive ketones (excluding diaryl/α,β-unsaturated/α-hetero) is 1. The maximum Gasteiger partial charge on any atom is 0.411 e. The Bertz CT molecular complexity index is 861. The van der Waals surface area contributed by atoms with Gasteiger partial charge in [0, 0.05) is 16.1 Å². The summed E-state index contributed by atoms with van der Waals surface area (Å²) < 4.78 is 12.1. The second-order valence-corrected chi connectivity index (χ2v) is 10.1. The number of halogens is 1. The van der Waals surface area contributed by atoms with Gasteiger partial charge in [0.05, 0.1) is 0 Å². The third kappa shape index (κ3) is 4.20. The van der Waals surface area contributed by atoms with Gasteiger partial charge in [-0.25, -0.2) is 9.59 Å². The van der Waals surface area contributed by atoms with E-state index in [1.54, 1.807) is 26.8 Å². The molecule has 6 nitrogen and oxygen atoms in total. The van der Waals surface area contributed by atoms with E-state index >= 15 is 0 Å². The van der Waals surface area contributed by atoms with Crippen LogP contribution in [-0.2, 0) is 20.7 Å². The standard InChI is InChI=1S/C22H26BrNO5/c1-22(2,3)29-21(27)24-16-10-13(16)11-17(24)20(26)28-18-6-4-5-12-9-14(23)7-8-15(12)19(18)25/h7-9,13,16-18H,4-6,10-11H2,1-3H3/t13?,16-,17+,18?/m1/s1. The summed E-state index contributed by atoms with van der Waals surface area (Å²) in [6.07, 6.45) is 2.21. The van der Waals surface area contributed by atoms with Crippen LogP contribution < -0.4 is 0 Å². The number of likely N-dealkylation sites (tertiary alicyclic amines) is 1. The van der Waals surface area contributed by atoms with E-state index in [1.807, 2.05) is 12.1 Å². The van der Waals surface area contributed by atoms with Crippen molar-refractivity contribution < 1.29 is 23.9 Å². The lowest BCUT2D eigenvalue weighted by molar-refractivity contribution is -0.153. The van der Waals surface area contributed by atoms with Crippen LogP contribution >= 0.6 is 15.9 Å². The largest absolute Gasteiger partial charge is 0.452 e. The van der Waals surface area contributed by atoms with Crippen molar-refractivity contribution >= 4 is 33.8 Å². The number of nitrogens with zero attached hydrogens (tertiary/aromatic N) is 1. The molecule has 29 heavy (non-hydrogen) atoms. The van der Waals surface area contributed by atoms with Gasteiger partial charge in [-0.3, -0.25) is 9.69 Å². The summed E-state index contributed by atoms with van der Waals surface area (Å²) in [7, 11) is 0. The molecule has 1 aromatic rings. The highest BCUT2D eigenvalue weighted by Crippen LogP contribution is 2.48. The van der Waals surface area contributed by atoms with Crippen LogP contribution in [0.25, 0.3) is 0 Å². The number of carbonyl (C=O) groups excluding carboxylic acids is 3. The maximum absolute atomic E-state index is 13.0. The Hall–Kier alpha value is -1.89. The monoisotopic (exact) mass is 463 g/mol. The maximum atomic E-state index is 13.0. The van der Waals surface area contributed by atoms with Gasteiger partial charge < -0.3 is 9.47 Å². The average molecular weight is 464 g/mol. The molecule has 4 atom stereocenters. The number of rotatable bonds is 2. The summed E-state index contributed by atoms with van der Waals surface area (Å²) >= 11 is 3.44. The molecule has 1 saturated heterocycles. The van der Waals surface area contributed by atoms with Gasteiger partial charge in [-0.1, -0.05) is 15.9 Å². The number of hydrogen-bond acceptors (Lipinski definition) is 5. The quantitative estimate of drug-likeness (QED) is 0.483. The lowest BCUT2D eigenvalue weighted by Gasteiger charge is -2.30. The van der Waals surface area contributed by atoms with E-state index in [4.69, 9.17) is 9.47 Å². The zero-order chi connectivity index (χ0) is 20.9. The first-order valence-electron chi connectivity index (χ1n) is 10.2. The Kier molecular flexibility index (Phi) is 5.21. The van der Waals surface area contributed by atoms with Crippen LogP contribution in [-0.4, -0.2) is 46.5 Å². The van der Waals surface area contributed by atoms with Gasteiger partial charge in [0.25, 0.3) is 0 Å². The van der Waals surface area contributed by atoms with Crippen molar-refractivity contribution in [3.05, 3.63) is 33.8 Å². The predicted molar refractivity (Wildman–Crippen MR) is 110 cm³/mol. The molecule has 0 aromatic heterocycles. The van der Waals surface area contributed by atoms with Gasteiger partial charge in [0.1, 0.15) is 11.6 Å². The second kappa shape index (κ2) is 7.42. The predicted octanol–water partition coefficient (Wildman–Crippen LogP) is 4.28. The summed E-state index contributed by atoms with van der Waals surface area (Å²) in [5.74, 6) is -0.338. The molecule has 1 amide bonds. The van der Waals surface area contributed by atoms with E-state index in [9.17, 15) is 14.4 Å². The molecular formula is C22H26BrNO5. The molecule has 0 radical (unpaired) electrons. The third-order valence-electron chi connectivity index (χ3n) is 5.78. The van der Waals surface area contributed by atoms with Crippen LogP contribution in [0.4, 0.5) is 4.79 Å². The number of hydrogen-bond donors (Lipinski definition) is 0. The number of aryl methyl sites for hydroxylation is 1. The molecule has 3 aliphatic rings. The smallest absolute Gasteiger partial charge is 0.411 e. The molecule has 2 fully saturated rings. The van der Waals surface area contributed by atoms with Gasteiger partial charge in [0.15, 0.2) is 6.10 Å². The van der Waals surface area contributed by atoms with Crippen LogP contribution in [0.2, 0.25) is 0 Å². The van der Waals surface area contributed by atoms with Crippen molar-refractivity contribution in [3.8, 4) is 0 Å². The van der Waals surface area contributed by atoms with Gasteiger partial charge in [-0.05, 0) is 82.6 Å². The van der Waals surface area contributed by atoms with Crippen LogP contribution in [0, 0.1) is 5.92 Å². The van der Waals surface area contributed by atoms with Gasteiger partial charge in [-0.15, -0.1) is 0 Å². The van der Waals surface area contributed by atoms with E-state index < -0.39 is 29.8 Å². The van der Waals surface area contributed by atoms with E-state index in [-0.39, 0.29) is 11.8 Å². The van der Waals surface area contributed by atoms with Crippen molar-refractivity contribution in [2.75, 3.05) is 0 Å². The fourth-order valence-electron chi connectivity index (χ4n) is 4.37. The SMILES string of the molecule is CC(C)(C)OC(=O)N1[C@@H]2CC2C[C@H]1C(=O)OC1CCCc2cc(Br)ccc2C1=O. The normalized spacial score (nSPS) is 28.3. The summed E-state index contributed by atoms with van der Waals surface area (Å²) in [6, 6.07) is 4.94. The molecule has 2 unspecified atom stereocenters. The first kappa shape index (κ1) is 20.4. The molecule has 1 saturated carbocycles. The lowest BCUT2D eigenvalue weighted by Crippen LogP contribution is -2.47. The molecule has 0 spiro atoms. The molecular weight excluding hydrogens is 438 g/mol. The molecule has 1 aliphatic heterocycles. The number of carbonyl (C=O) groups is 3. The van der Waals surface area contributed by atoms with Crippen LogP contribution in [0.5, 0.6) is 0 Å². The zero-order valence-electron chi connectivity index (χ0n) is 16.9. The summed E-state index contributed by atoms with van der Waals surface area (Å²) in [5.41, 5.74) is 0.954. The molecule has 4 rings (SSSR count). The highest BCUT2D eigenvalue weighted by Gasteiger charge is 2.58. The summed E-state index contributed by atoms with van der Waals surface area (Å²) in [4.78, 5) is 40.1. The van der Waals surface area contributed by atoms with Gasteiger partial charge in [0.2, 0.25) is 5.78 Å². The Morgan fingerprint density at radius 2 is 1.97 bits per heavy atom. The summed E-state index contributed by atoms with van der Waals surface area (Å²) in [6.45, 7) is 5.41. The number of amides is 1. The number of ketones is 1. The molecule has 7 heteroatoms. The van der Waals surface area contributed by atoms with Crippen molar-refractivity contribution in [1.29, 1.82) is 0 Å². The fourth-order valence-corrected chi connectivity index (χ4v) is 4.78. The van der Waals surface area contributed by atoms with E-state index in [0.717, 1.165) is 29.3 Å². The lowest BCUT2D eigenvalue weighted by atomic mass is 10.0. The van der Waals surface area contributed by atoms with Crippen molar-refractivity contribution in [2.45, 2.75) is 76.7 Å². The van der Waals surface area contributed by atoms with Crippen LogP contribution in [0.1, 0.15) is 62.4 Å². The average Bonchev–Trinajstić information content (AvgIpc) is 3.30. The number of piperidine rings is 1. The summed E-state index contributed by atoms with van der Waals surface area (Å²) in [5, 5.41) is 0. The molecule has 156 valence electrons. The molecule has 1 heterocycles. The highest BCUT2D eigenvalue weighted by molar-refractivity contribution is 9.10. The number of ether oxygens (including phenoxy) is 2. The van der Waals surface area contributed by atoms with Gasteiger partial charge >= 0.3 is 12.1 Å². The molecule has 0 bridgehead atoms. The Morgan fingerprint density at radius 1 is 1.21 bits per heavy atom.